The van der Waals surface area contributed by atoms with Gasteiger partial charge in [0.15, 0.2) is 5.82 Å². The van der Waals surface area contributed by atoms with E-state index in [1.165, 1.54) is 5.56 Å². The minimum Gasteiger partial charge on any atom is -0.496 e. The number of halogens is 1. The highest BCUT2D eigenvalue weighted by Crippen LogP contribution is 2.28. The van der Waals surface area contributed by atoms with Crippen molar-refractivity contribution in [2.24, 2.45) is 5.10 Å². The second kappa shape index (κ2) is 7.01. The molecule has 2 aromatic carbocycles. The van der Waals surface area contributed by atoms with Crippen LogP contribution in [0.4, 0.5) is 0 Å². The SMILES string of the molecule is COc1ccccc1C1=Nn2c(Cc3ccc(Br)cc3)nnc2SC1. The minimum atomic E-state index is 0.684. The number of benzene rings is 2. The average Bonchev–Trinajstić information content (AvgIpc) is 3.05. The van der Waals surface area contributed by atoms with Crippen LogP contribution in [0.2, 0.25) is 0 Å². The Morgan fingerprint density at radius 3 is 2.72 bits per heavy atom. The van der Waals surface area contributed by atoms with E-state index in [0.717, 1.165) is 38.2 Å². The summed E-state index contributed by atoms with van der Waals surface area (Å²) < 4.78 is 8.38. The minimum absolute atomic E-state index is 0.684. The van der Waals surface area contributed by atoms with Crippen molar-refractivity contribution in [2.75, 3.05) is 12.9 Å². The summed E-state index contributed by atoms with van der Waals surface area (Å²) in [6, 6.07) is 16.1. The average molecular weight is 415 g/mol. The Balaban J connectivity index is 1.69. The number of nitrogens with zero attached hydrogens (tertiary/aromatic N) is 4. The van der Waals surface area contributed by atoms with Gasteiger partial charge < -0.3 is 4.74 Å². The predicted molar refractivity (Wildman–Crippen MR) is 103 cm³/mol. The second-order valence-corrected chi connectivity index (χ2v) is 7.41. The lowest BCUT2D eigenvalue weighted by Crippen LogP contribution is -2.15. The van der Waals surface area contributed by atoms with Gasteiger partial charge in [0, 0.05) is 22.2 Å². The van der Waals surface area contributed by atoms with Crippen molar-refractivity contribution in [1.82, 2.24) is 14.9 Å². The number of para-hydroxylation sites is 1. The maximum atomic E-state index is 5.47. The Bertz CT molecular complexity index is 937. The van der Waals surface area contributed by atoms with E-state index >= 15 is 0 Å². The highest BCUT2D eigenvalue weighted by molar-refractivity contribution is 9.10. The highest BCUT2D eigenvalue weighted by Gasteiger charge is 2.21. The van der Waals surface area contributed by atoms with Gasteiger partial charge in [-0.1, -0.05) is 52.0 Å². The second-order valence-electron chi connectivity index (χ2n) is 5.55. The number of hydrogen-bond donors (Lipinski definition) is 0. The van der Waals surface area contributed by atoms with Gasteiger partial charge in [-0.2, -0.15) is 9.78 Å². The number of methoxy groups -OCH3 is 1. The molecule has 0 unspecified atom stereocenters. The van der Waals surface area contributed by atoms with E-state index in [9.17, 15) is 0 Å². The first-order valence-electron chi connectivity index (χ1n) is 7.77. The monoisotopic (exact) mass is 414 g/mol. The van der Waals surface area contributed by atoms with Crippen LogP contribution in [0.5, 0.6) is 5.75 Å². The summed E-state index contributed by atoms with van der Waals surface area (Å²) in [5.74, 6) is 2.40. The molecule has 0 spiro atoms. The predicted octanol–water partition coefficient (Wildman–Crippen LogP) is 4.00. The molecule has 0 atom stereocenters. The molecule has 0 saturated carbocycles. The molecular formula is C18H15BrN4OS. The number of aromatic nitrogens is 3. The van der Waals surface area contributed by atoms with E-state index in [1.807, 2.05) is 41.1 Å². The van der Waals surface area contributed by atoms with Crippen LogP contribution in [0.25, 0.3) is 0 Å². The fourth-order valence-corrected chi connectivity index (χ4v) is 3.79. The number of fused-ring (bicyclic) bond motifs is 1. The molecule has 1 aliphatic heterocycles. The summed E-state index contributed by atoms with van der Waals surface area (Å²) in [5.41, 5.74) is 3.14. The van der Waals surface area contributed by atoms with Crippen molar-refractivity contribution in [3.63, 3.8) is 0 Å². The third-order valence-electron chi connectivity index (χ3n) is 3.93. The van der Waals surface area contributed by atoms with Crippen LogP contribution in [0.15, 0.2) is 63.3 Å². The van der Waals surface area contributed by atoms with Gasteiger partial charge in [0.2, 0.25) is 5.16 Å². The summed E-state index contributed by atoms with van der Waals surface area (Å²) in [7, 11) is 1.68. The molecule has 4 rings (SSSR count). The van der Waals surface area contributed by atoms with Gasteiger partial charge in [-0.15, -0.1) is 10.2 Å². The quantitative estimate of drug-likeness (QED) is 0.647. The molecular weight excluding hydrogens is 400 g/mol. The van der Waals surface area contributed by atoms with Crippen molar-refractivity contribution in [2.45, 2.75) is 11.6 Å². The third kappa shape index (κ3) is 3.34. The van der Waals surface area contributed by atoms with Gasteiger partial charge in [-0.3, -0.25) is 0 Å². The molecule has 7 heteroatoms. The van der Waals surface area contributed by atoms with Gasteiger partial charge in [-0.05, 0) is 29.8 Å². The molecule has 1 aliphatic rings. The van der Waals surface area contributed by atoms with Gasteiger partial charge >= 0.3 is 0 Å². The third-order valence-corrected chi connectivity index (χ3v) is 5.39. The molecule has 0 bridgehead atoms. The van der Waals surface area contributed by atoms with Crippen molar-refractivity contribution in [3.05, 3.63) is 70.0 Å². The summed E-state index contributed by atoms with van der Waals surface area (Å²) in [4.78, 5) is 0. The molecule has 0 fully saturated rings. The number of thioether (sulfide) groups is 1. The van der Waals surface area contributed by atoms with Crippen molar-refractivity contribution < 1.29 is 4.74 Å². The van der Waals surface area contributed by atoms with Gasteiger partial charge in [0.25, 0.3) is 0 Å². The van der Waals surface area contributed by atoms with E-state index in [4.69, 9.17) is 9.84 Å². The molecule has 0 aliphatic carbocycles. The fourth-order valence-electron chi connectivity index (χ4n) is 2.68. The molecule has 5 nitrogen and oxygen atoms in total. The van der Waals surface area contributed by atoms with E-state index in [1.54, 1.807) is 18.9 Å². The van der Waals surface area contributed by atoms with E-state index < -0.39 is 0 Å². The van der Waals surface area contributed by atoms with Gasteiger partial charge in [0.1, 0.15) is 5.75 Å². The lowest BCUT2D eigenvalue weighted by atomic mass is 10.1. The normalized spacial score (nSPS) is 13.3. The smallest absolute Gasteiger partial charge is 0.212 e. The molecule has 126 valence electrons. The first-order valence-corrected chi connectivity index (χ1v) is 9.55. The molecule has 0 N–H and O–H groups in total. The lowest BCUT2D eigenvalue weighted by molar-refractivity contribution is 0.414. The number of hydrogen-bond acceptors (Lipinski definition) is 5. The van der Waals surface area contributed by atoms with E-state index in [2.05, 4.69) is 38.3 Å². The van der Waals surface area contributed by atoms with Crippen LogP contribution in [0.3, 0.4) is 0 Å². The number of rotatable bonds is 4. The van der Waals surface area contributed by atoms with E-state index in [-0.39, 0.29) is 0 Å². The zero-order valence-corrected chi connectivity index (χ0v) is 15.9. The largest absolute Gasteiger partial charge is 0.496 e. The fraction of sp³-hybridized carbons (Fsp3) is 0.167. The summed E-state index contributed by atoms with van der Waals surface area (Å²) in [6.07, 6.45) is 0.684. The molecule has 0 saturated heterocycles. The van der Waals surface area contributed by atoms with Crippen molar-refractivity contribution in [3.8, 4) is 5.75 Å². The Morgan fingerprint density at radius 1 is 1.12 bits per heavy atom. The Morgan fingerprint density at radius 2 is 1.92 bits per heavy atom. The maximum absolute atomic E-state index is 5.47. The molecule has 1 aromatic heterocycles. The van der Waals surface area contributed by atoms with Crippen LogP contribution < -0.4 is 4.74 Å². The maximum Gasteiger partial charge on any atom is 0.212 e. The van der Waals surface area contributed by atoms with Crippen molar-refractivity contribution in [1.29, 1.82) is 0 Å². The van der Waals surface area contributed by atoms with Crippen LogP contribution in [-0.4, -0.2) is 33.4 Å². The van der Waals surface area contributed by atoms with Crippen molar-refractivity contribution >= 4 is 33.4 Å². The Kier molecular flexibility index (Phi) is 4.59. The Labute approximate surface area is 158 Å². The zero-order valence-electron chi connectivity index (χ0n) is 13.5. The molecule has 0 radical (unpaired) electrons. The molecule has 2 heterocycles. The van der Waals surface area contributed by atoms with Gasteiger partial charge in [-0.25, -0.2) is 0 Å². The molecule has 0 amide bonds. The first-order chi connectivity index (χ1) is 12.2. The summed E-state index contributed by atoms with van der Waals surface area (Å²) >= 11 is 5.10. The number of ether oxygens (including phenoxy) is 1. The standard InChI is InChI=1S/C18H15BrN4OS/c1-24-16-5-3-2-4-14(16)15-11-25-18-21-20-17(23(18)22-15)10-12-6-8-13(19)9-7-12/h2-9H,10-11H2,1H3. The van der Waals surface area contributed by atoms with E-state index in [0.29, 0.717) is 6.42 Å². The Hall–Kier alpha value is -2.12. The van der Waals surface area contributed by atoms with Crippen LogP contribution in [-0.2, 0) is 6.42 Å². The lowest BCUT2D eigenvalue weighted by Gasteiger charge is -2.15. The van der Waals surface area contributed by atoms with Crippen LogP contribution >= 0.6 is 27.7 Å². The topological polar surface area (TPSA) is 52.3 Å². The summed E-state index contributed by atoms with van der Waals surface area (Å²) in [6.45, 7) is 0. The summed E-state index contributed by atoms with van der Waals surface area (Å²) in [5, 5.41) is 14.2. The molecule has 3 aromatic rings. The van der Waals surface area contributed by atoms with Crippen LogP contribution in [0, 0.1) is 0 Å². The highest BCUT2D eigenvalue weighted by atomic mass is 79.9. The first kappa shape index (κ1) is 16.4. The van der Waals surface area contributed by atoms with Gasteiger partial charge in [0.05, 0.1) is 12.8 Å². The molecule has 25 heavy (non-hydrogen) atoms. The zero-order chi connectivity index (χ0) is 17.2. The van der Waals surface area contributed by atoms with Crippen LogP contribution in [0.1, 0.15) is 17.0 Å².